The lowest BCUT2D eigenvalue weighted by molar-refractivity contribution is 0.0291. The molecular formula is C20H24N2O2. The molecular weight excluding hydrogens is 300 g/mol. The van der Waals surface area contributed by atoms with Gasteiger partial charge in [0.1, 0.15) is 5.60 Å². The molecule has 0 saturated carbocycles. The van der Waals surface area contributed by atoms with Crippen LogP contribution < -0.4 is 0 Å². The van der Waals surface area contributed by atoms with Crippen molar-refractivity contribution in [2.75, 3.05) is 13.1 Å². The van der Waals surface area contributed by atoms with Crippen LogP contribution in [-0.4, -0.2) is 34.7 Å². The normalized spacial score (nSPS) is 18.5. The average Bonchev–Trinajstić information content (AvgIpc) is 3.00. The summed E-state index contributed by atoms with van der Waals surface area (Å²) in [7, 11) is 0. The summed E-state index contributed by atoms with van der Waals surface area (Å²) in [5.41, 5.74) is 1.68. The number of carbonyl (C=O) groups excluding carboxylic acids is 1. The Bertz CT molecular complexity index is 756. The van der Waals surface area contributed by atoms with Gasteiger partial charge in [-0.1, -0.05) is 36.4 Å². The second kappa shape index (κ2) is 6.63. The van der Waals surface area contributed by atoms with Crippen molar-refractivity contribution in [3.05, 3.63) is 48.2 Å². The second-order valence-electron chi connectivity index (χ2n) is 7.26. The Labute approximate surface area is 143 Å². The Morgan fingerprint density at radius 3 is 2.88 bits per heavy atom. The van der Waals surface area contributed by atoms with E-state index < -0.39 is 5.60 Å². The van der Waals surface area contributed by atoms with E-state index in [4.69, 9.17) is 4.74 Å². The zero-order valence-corrected chi connectivity index (χ0v) is 14.5. The molecule has 4 heteroatoms. The zero-order chi connectivity index (χ0) is 17.2. The molecule has 0 unspecified atom stereocenters. The van der Waals surface area contributed by atoms with Gasteiger partial charge in [-0.3, -0.25) is 4.98 Å². The van der Waals surface area contributed by atoms with Gasteiger partial charge in [-0.05, 0) is 39.2 Å². The number of hydrogen-bond acceptors (Lipinski definition) is 3. The highest BCUT2D eigenvalue weighted by Gasteiger charge is 2.28. The molecule has 1 fully saturated rings. The van der Waals surface area contributed by atoms with Crippen molar-refractivity contribution in [3.8, 4) is 0 Å². The maximum absolute atomic E-state index is 12.1. The lowest BCUT2D eigenvalue weighted by atomic mass is 10.0. The molecule has 1 aromatic heterocycles. The van der Waals surface area contributed by atoms with Crippen LogP contribution in [0, 0.1) is 5.92 Å². The van der Waals surface area contributed by atoms with Crippen LogP contribution >= 0.6 is 0 Å². The number of likely N-dealkylation sites (tertiary alicyclic amines) is 1. The number of para-hydroxylation sites is 1. The van der Waals surface area contributed by atoms with E-state index in [2.05, 4.69) is 35.3 Å². The Kier molecular flexibility index (Phi) is 4.56. The minimum atomic E-state index is -0.445. The first-order chi connectivity index (χ1) is 11.4. The van der Waals surface area contributed by atoms with Gasteiger partial charge >= 0.3 is 6.09 Å². The number of amides is 1. The van der Waals surface area contributed by atoms with Crippen LogP contribution in [0.25, 0.3) is 17.0 Å². The van der Waals surface area contributed by atoms with Gasteiger partial charge in [0.05, 0.1) is 5.52 Å². The first-order valence-corrected chi connectivity index (χ1v) is 8.42. The molecule has 2 aromatic rings. The second-order valence-corrected chi connectivity index (χ2v) is 7.26. The summed E-state index contributed by atoms with van der Waals surface area (Å²) in [6.07, 6.45) is 6.88. The van der Waals surface area contributed by atoms with Crippen LogP contribution in [0.4, 0.5) is 4.79 Å². The highest BCUT2D eigenvalue weighted by Crippen LogP contribution is 2.23. The van der Waals surface area contributed by atoms with Crippen LogP contribution in [0.5, 0.6) is 0 Å². The summed E-state index contributed by atoms with van der Waals surface area (Å²) < 4.78 is 5.44. The molecule has 0 aliphatic carbocycles. The molecule has 1 saturated heterocycles. The van der Waals surface area contributed by atoms with E-state index in [1.165, 1.54) is 0 Å². The molecule has 0 spiro atoms. The van der Waals surface area contributed by atoms with Crippen molar-refractivity contribution < 1.29 is 9.53 Å². The molecule has 1 amide bonds. The Morgan fingerprint density at radius 1 is 1.29 bits per heavy atom. The molecule has 1 aliphatic rings. The van der Waals surface area contributed by atoms with E-state index in [0.29, 0.717) is 12.5 Å². The fourth-order valence-electron chi connectivity index (χ4n) is 2.94. The minimum absolute atomic E-state index is 0.217. The molecule has 3 rings (SSSR count). The van der Waals surface area contributed by atoms with E-state index in [1.807, 2.05) is 39.1 Å². The van der Waals surface area contributed by atoms with Crippen molar-refractivity contribution in [1.29, 1.82) is 0 Å². The minimum Gasteiger partial charge on any atom is -0.444 e. The first-order valence-electron chi connectivity index (χ1n) is 8.42. The van der Waals surface area contributed by atoms with Crippen LogP contribution in [0.2, 0.25) is 0 Å². The fourth-order valence-corrected chi connectivity index (χ4v) is 2.94. The molecule has 2 heterocycles. The van der Waals surface area contributed by atoms with Crippen LogP contribution in [0.3, 0.4) is 0 Å². The molecule has 4 nitrogen and oxygen atoms in total. The molecule has 126 valence electrons. The average molecular weight is 324 g/mol. The van der Waals surface area contributed by atoms with Gasteiger partial charge in [-0.15, -0.1) is 0 Å². The van der Waals surface area contributed by atoms with Crippen molar-refractivity contribution in [2.45, 2.75) is 32.8 Å². The number of hydrogen-bond donors (Lipinski definition) is 0. The number of ether oxygens (including phenoxy) is 1. The number of benzene rings is 1. The van der Waals surface area contributed by atoms with Crippen molar-refractivity contribution in [2.24, 2.45) is 5.92 Å². The van der Waals surface area contributed by atoms with E-state index in [-0.39, 0.29) is 6.09 Å². The SMILES string of the molecule is CC(C)(C)OC(=O)N1CC[C@H](/C=C/c2cccc3cccnc23)C1. The van der Waals surface area contributed by atoms with E-state index in [1.54, 1.807) is 4.90 Å². The van der Waals surface area contributed by atoms with Gasteiger partial charge in [0.2, 0.25) is 0 Å². The third-order valence-corrected chi connectivity index (χ3v) is 4.09. The smallest absolute Gasteiger partial charge is 0.410 e. The maximum Gasteiger partial charge on any atom is 0.410 e. The Hall–Kier alpha value is -2.36. The lowest BCUT2D eigenvalue weighted by Crippen LogP contribution is -2.35. The number of nitrogens with zero attached hydrogens (tertiary/aromatic N) is 2. The summed E-state index contributed by atoms with van der Waals surface area (Å²) >= 11 is 0. The topological polar surface area (TPSA) is 42.4 Å². The number of pyridine rings is 1. The molecule has 0 radical (unpaired) electrons. The monoisotopic (exact) mass is 324 g/mol. The van der Waals surface area contributed by atoms with Gasteiger partial charge in [-0.25, -0.2) is 4.79 Å². The third-order valence-electron chi connectivity index (χ3n) is 4.09. The molecule has 1 aliphatic heterocycles. The molecule has 1 aromatic carbocycles. The largest absolute Gasteiger partial charge is 0.444 e. The molecule has 0 bridgehead atoms. The van der Waals surface area contributed by atoms with Crippen molar-refractivity contribution >= 4 is 23.1 Å². The van der Waals surface area contributed by atoms with Crippen LogP contribution in [0.15, 0.2) is 42.6 Å². The van der Waals surface area contributed by atoms with Gasteiger partial charge < -0.3 is 9.64 Å². The first kappa shape index (κ1) is 16.5. The zero-order valence-electron chi connectivity index (χ0n) is 14.5. The summed E-state index contributed by atoms with van der Waals surface area (Å²) in [5, 5.41) is 1.14. The maximum atomic E-state index is 12.1. The standard InChI is InChI=1S/C20H24N2O2/c1-20(2,3)24-19(23)22-13-11-15(14-22)9-10-17-7-4-6-16-8-5-12-21-18(16)17/h4-10,12,15H,11,13-14H2,1-3H3/b10-9+/t15-/m0/s1. The number of rotatable bonds is 2. The summed E-state index contributed by atoms with van der Waals surface area (Å²) in [4.78, 5) is 18.4. The summed E-state index contributed by atoms with van der Waals surface area (Å²) in [6.45, 7) is 7.14. The number of fused-ring (bicyclic) bond motifs is 1. The molecule has 1 atom stereocenters. The molecule has 0 N–H and O–H groups in total. The Balaban J connectivity index is 1.67. The van der Waals surface area contributed by atoms with Crippen molar-refractivity contribution in [1.82, 2.24) is 9.88 Å². The van der Waals surface area contributed by atoms with Crippen LogP contribution in [0.1, 0.15) is 32.8 Å². The van der Waals surface area contributed by atoms with E-state index in [9.17, 15) is 4.79 Å². The summed E-state index contributed by atoms with van der Waals surface area (Å²) in [6, 6.07) is 10.2. The lowest BCUT2D eigenvalue weighted by Gasteiger charge is -2.24. The Morgan fingerprint density at radius 2 is 2.08 bits per heavy atom. The van der Waals surface area contributed by atoms with E-state index in [0.717, 1.165) is 29.4 Å². The van der Waals surface area contributed by atoms with E-state index >= 15 is 0 Å². The third kappa shape index (κ3) is 3.94. The molecule has 24 heavy (non-hydrogen) atoms. The van der Waals surface area contributed by atoms with Gasteiger partial charge in [-0.2, -0.15) is 0 Å². The predicted molar refractivity (Wildman–Crippen MR) is 96.7 cm³/mol. The van der Waals surface area contributed by atoms with Gasteiger partial charge in [0.25, 0.3) is 0 Å². The van der Waals surface area contributed by atoms with Gasteiger partial charge in [0, 0.05) is 30.2 Å². The van der Waals surface area contributed by atoms with Crippen molar-refractivity contribution in [3.63, 3.8) is 0 Å². The number of aromatic nitrogens is 1. The van der Waals surface area contributed by atoms with Gasteiger partial charge in [0.15, 0.2) is 0 Å². The summed E-state index contributed by atoms with van der Waals surface area (Å²) in [5.74, 6) is 0.358. The number of carbonyl (C=O) groups is 1. The highest BCUT2D eigenvalue weighted by atomic mass is 16.6. The van der Waals surface area contributed by atoms with Crippen LogP contribution in [-0.2, 0) is 4.74 Å². The fraction of sp³-hybridized carbons (Fsp3) is 0.400. The predicted octanol–water partition coefficient (Wildman–Crippen LogP) is 4.51. The quantitative estimate of drug-likeness (QED) is 0.816. The highest BCUT2D eigenvalue weighted by molar-refractivity contribution is 5.86.